The summed E-state index contributed by atoms with van der Waals surface area (Å²) in [5, 5.41) is 7.90. The second-order valence-corrected chi connectivity index (χ2v) is 3.58. The maximum atomic E-state index is 5.42. The van der Waals surface area contributed by atoms with Crippen molar-refractivity contribution >= 4 is 0 Å². The van der Waals surface area contributed by atoms with Crippen molar-refractivity contribution in [3.8, 4) is 5.69 Å². The van der Waals surface area contributed by atoms with Gasteiger partial charge < -0.3 is 9.47 Å². The summed E-state index contributed by atoms with van der Waals surface area (Å²) >= 11 is 0. The van der Waals surface area contributed by atoms with E-state index in [2.05, 4.69) is 10.3 Å². The van der Waals surface area contributed by atoms with Crippen LogP contribution in [0.4, 0.5) is 0 Å². The lowest BCUT2D eigenvalue weighted by Gasteiger charge is -2.33. The Morgan fingerprint density at radius 3 is 2.62 bits per heavy atom. The summed E-state index contributed by atoms with van der Waals surface area (Å²) in [5.41, 5.74) is 1.76. The van der Waals surface area contributed by atoms with E-state index in [4.69, 9.17) is 9.47 Å². The van der Waals surface area contributed by atoms with Crippen molar-refractivity contribution in [1.29, 1.82) is 0 Å². The predicted molar refractivity (Wildman–Crippen MR) is 55.7 cm³/mol. The van der Waals surface area contributed by atoms with Crippen LogP contribution in [0.25, 0.3) is 5.69 Å². The molecular weight excluding hydrogens is 206 g/mol. The average molecular weight is 217 g/mol. The Kier molecular flexibility index (Phi) is 2.19. The molecule has 0 bridgehead atoms. The first kappa shape index (κ1) is 9.50. The van der Waals surface area contributed by atoms with Crippen LogP contribution in [-0.4, -0.2) is 21.3 Å². The molecule has 0 radical (unpaired) electrons. The number of rotatable bonds is 2. The zero-order valence-electron chi connectivity index (χ0n) is 8.78. The number of para-hydroxylation sites is 1. The molecule has 3 rings (SSSR count). The predicted octanol–water partition coefficient (Wildman–Crippen LogP) is 1.66. The number of benzene rings is 1. The second-order valence-electron chi connectivity index (χ2n) is 3.58. The molecule has 16 heavy (non-hydrogen) atoms. The molecule has 1 saturated heterocycles. The summed E-state index contributed by atoms with van der Waals surface area (Å²) in [6.07, 6.45) is 1.15. The molecule has 0 spiro atoms. The number of nitrogens with zero attached hydrogens (tertiary/aromatic N) is 3. The van der Waals surface area contributed by atoms with Crippen LogP contribution in [0.3, 0.4) is 0 Å². The highest BCUT2D eigenvalue weighted by Crippen LogP contribution is 2.31. The Bertz CT molecular complexity index is 477. The third-order valence-electron chi connectivity index (χ3n) is 2.45. The third-order valence-corrected chi connectivity index (χ3v) is 2.45. The van der Waals surface area contributed by atoms with Gasteiger partial charge in [0.2, 0.25) is 6.29 Å². The van der Waals surface area contributed by atoms with E-state index >= 15 is 0 Å². The highest BCUT2D eigenvalue weighted by Gasteiger charge is 2.32. The van der Waals surface area contributed by atoms with Gasteiger partial charge in [-0.25, -0.2) is 4.68 Å². The average Bonchev–Trinajstić information content (AvgIpc) is 2.74. The van der Waals surface area contributed by atoms with Crippen LogP contribution in [0.15, 0.2) is 36.5 Å². The molecule has 0 N–H and O–H groups in total. The van der Waals surface area contributed by atoms with Crippen molar-refractivity contribution in [3.63, 3.8) is 0 Å². The highest BCUT2D eigenvalue weighted by atomic mass is 16.9. The van der Waals surface area contributed by atoms with Crippen LogP contribution in [0.2, 0.25) is 0 Å². The third kappa shape index (κ3) is 1.50. The Labute approximate surface area is 92.6 Å². The molecule has 0 aliphatic carbocycles. The van der Waals surface area contributed by atoms with E-state index < -0.39 is 0 Å². The van der Waals surface area contributed by atoms with Crippen LogP contribution in [0.1, 0.15) is 18.9 Å². The van der Waals surface area contributed by atoms with E-state index in [0.29, 0.717) is 0 Å². The van der Waals surface area contributed by atoms with Gasteiger partial charge in [-0.15, -0.1) is 5.10 Å². The van der Waals surface area contributed by atoms with Crippen molar-refractivity contribution in [2.45, 2.75) is 19.5 Å². The van der Waals surface area contributed by atoms with Gasteiger partial charge in [-0.3, -0.25) is 0 Å². The van der Waals surface area contributed by atoms with Gasteiger partial charge in [0, 0.05) is 0 Å². The summed E-state index contributed by atoms with van der Waals surface area (Å²) < 4.78 is 12.6. The molecule has 1 aliphatic heterocycles. The van der Waals surface area contributed by atoms with E-state index in [1.54, 1.807) is 10.9 Å². The topological polar surface area (TPSA) is 49.2 Å². The van der Waals surface area contributed by atoms with Crippen molar-refractivity contribution in [2.24, 2.45) is 0 Å². The van der Waals surface area contributed by atoms with Gasteiger partial charge in [0.05, 0.1) is 11.9 Å². The van der Waals surface area contributed by atoms with Crippen molar-refractivity contribution < 1.29 is 9.47 Å². The van der Waals surface area contributed by atoms with Crippen LogP contribution in [0, 0.1) is 0 Å². The molecular formula is C11H11N3O2. The van der Waals surface area contributed by atoms with Gasteiger partial charge in [0.15, 0.2) is 6.29 Å². The standard InChI is InChI=1S/C11H11N3O2/c1-8-15-11(16-8)10-7-12-13-14(10)9-5-3-2-4-6-9/h2-8,11H,1H3. The van der Waals surface area contributed by atoms with Gasteiger partial charge in [-0.2, -0.15) is 0 Å². The first-order chi connectivity index (χ1) is 7.84. The quantitative estimate of drug-likeness (QED) is 0.767. The van der Waals surface area contributed by atoms with E-state index in [-0.39, 0.29) is 12.6 Å². The first-order valence-electron chi connectivity index (χ1n) is 5.11. The molecule has 0 atom stereocenters. The van der Waals surface area contributed by atoms with Crippen LogP contribution in [0.5, 0.6) is 0 Å². The fourth-order valence-electron chi connectivity index (χ4n) is 1.67. The number of aromatic nitrogens is 3. The van der Waals surface area contributed by atoms with Crippen molar-refractivity contribution in [2.75, 3.05) is 0 Å². The molecule has 1 fully saturated rings. The fraction of sp³-hybridized carbons (Fsp3) is 0.273. The molecule has 2 aromatic rings. The SMILES string of the molecule is CC1OC(c2cnnn2-c2ccccc2)O1. The van der Waals surface area contributed by atoms with Gasteiger partial charge in [0.25, 0.3) is 0 Å². The van der Waals surface area contributed by atoms with Crippen LogP contribution < -0.4 is 0 Å². The lowest BCUT2D eigenvalue weighted by molar-refractivity contribution is -0.384. The van der Waals surface area contributed by atoms with Gasteiger partial charge in [-0.1, -0.05) is 23.4 Å². The first-order valence-corrected chi connectivity index (χ1v) is 5.11. The monoisotopic (exact) mass is 217 g/mol. The number of ether oxygens (including phenoxy) is 2. The normalized spacial score (nSPS) is 24.1. The van der Waals surface area contributed by atoms with Gasteiger partial charge >= 0.3 is 0 Å². The Balaban J connectivity index is 1.94. The Morgan fingerprint density at radius 2 is 1.94 bits per heavy atom. The molecule has 2 heterocycles. The summed E-state index contributed by atoms with van der Waals surface area (Å²) in [6.45, 7) is 1.85. The minimum absolute atomic E-state index is 0.149. The van der Waals surface area contributed by atoms with E-state index in [1.807, 2.05) is 37.3 Å². The minimum Gasteiger partial charge on any atom is -0.318 e. The molecule has 0 unspecified atom stereocenters. The van der Waals surface area contributed by atoms with Gasteiger partial charge in [-0.05, 0) is 19.1 Å². The molecule has 1 aromatic carbocycles. The molecule has 1 aliphatic rings. The summed E-state index contributed by atoms with van der Waals surface area (Å²) in [5.74, 6) is 0. The fourth-order valence-corrected chi connectivity index (χ4v) is 1.67. The highest BCUT2D eigenvalue weighted by molar-refractivity contribution is 5.31. The van der Waals surface area contributed by atoms with E-state index in [1.165, 1.54) is 0 Å². The minimum atomic E-state index is -0.356. The lowest BCUT2D eigenvalue weighted by Crippen LogP contribution is -2.33. The van der Waals surface area contributed by atoms with Crippen LogP contribution >= 0.6 is 0 Å². The largest absolute Gasteiger partial charge is 0.318 e. The summed E-state index contributed by atoms with van der Waals surface area (Å²) in [6, 6.07) is 9.77. The smallest absolute Gasteiger partial charge is 0.208 e. The molecule has 1 aromatic heterocycles. The van der Waals surface area contributed by atoms with Gasteiger partial charge in [0.1, 0.15) is 5.69 Å². The second kappa shape index (κ2) is 3.70. The Hall–Kier alpha value is -1.72. The van der Waals surface area contributed by atoms with Crippen LogP contribution in [-0.2, 0) is 9.47 Å². The molecule has 0 saturated carbocycles. The maximum absolute atomic E-state index is 5.42. The summed E-state index contributed by atoms with van der Waals surface area (Å²) in [7, 11) is 0. The summed E-state index contributed by atoms with van der Waals surface area (Å²) in [4.78, 5) is 0. The number of hydrogen-bond donors (Lipinski definition) is 0. The zero-order chi connectivity index (χ0) is 11.0. The molecule has 5 nitrogen and oxygen atoms in total. The van der Waals surface area contributed by atoms with E-state index in [9.17, 15) is 0 Å². The zero-order valence-corrected chi connectivity index (χ0v) is 8.78. The molecule has 5 heteroatoms. The van der Waals surface area contributed by atoms with Crippen molar-refractivity contribution in [3.05, 3.63) is 42.2 Å². The Morgan fingerprint density at radius 1 is 1.19 bits per heavy atom. The molecule has 0 amide bonds. The lowest BCUT2D eigenvalue weighted by atomic mass is 10.3. The maximum Gasteiger partial charge on any atom is 0.208 e. The van der Waals surface area contributed by atoms with Crippen molar-refractivity contribution in [1.82, 2.24) is 15.0 Å². The molecule has 82 valence electrons. The van der Waals surface area contributed by atoms with E-state index in [0.717, 1.165) is 11.4 Å². The number of hydrogen-bond acceptors (Lipinski definition) is 4.